The summed E-state index contributed by atoms with van der Waals surface area (Å²) in [6, 6.07) is 16.0. The van der Waals surface area contributed by atoms with E-state index >= 15 is 0 Å². The molecule has 2 aromatic heterocycles. The van der Waals surface area contributed by atoms with E-state index in [0.29, 0.717) is 12.2 Å². The summed E-state index contributed by atoms with van der Waals surface area (Å²) >= 11 is 0. The number of fused-ring (bicyclic) bond motifs is 2. The zero-order valence-corrected chi connectivity index (χ0v) is 14.2. The molecule has 1 amide bonds. The van der Waals surface area contributed by atoms with Crippen LogP contribution in [-0.2, 0) is 11.2 Å². The first-order chi connectivity index (χ1) is 12.8. The molecule has 130 valence electrons. The molecule has 1 aliphatic rings. The monoisotopic (exact) mass is 346 g/mol. The van der Waals surface area contributed by atoms with Gasteiger partial charge in [0, 0.05) is 18.5 Å². The van der Waals surface area contributed by atoms with Crippen molar-refractivity contribution in [2.45, 2.75) is 18.9 Å². The van der Waals surface area contributed by atoms with Crippen molar-refractivity contribution in [1.82, 2.24) is 19.6 Å². The van der Waals surface area contributed by atoms with E-state index in [9.17, 15) is 4.79 Å². The highest BCUT2D eigenvalue weighted by molar-refractivity contribution is 5.86. The van der Waals surface area contributed by atoms with Gasteiger partial charge in [-0.25, -0.2) is 4.98 Å². The Labute approximate surface area is 150 Å². The van der Waals surface area contributed by atoms with Crippen molar-refractivity contribution >= 4 is 27.9 Å². The number of likely N-dealkylation sites (tertiary alicyclic amines) is 1. The summed E-state index contributed by atoms with van der Waals surface area (Å²) in [7, 11) is 0. The normalized spacial score (nSPS) is 17.4. The molecule has 6 heteroatoms. The molecule has 0 unspecified atom stereocenters. The molecule has 6 nitrogen and oxygen atoms in total. The van der Waals surface area contributed by atoms with E-state index in [0.717, 1.165) is 35.0 Å². The molecule has 0 saturated carbocycles. The Balaban J connectivity index is 1.33. The number of hydrogen-bond acceptors (Lipinski definition) is 4. The quantitative estimate of drug-likeness (QED) is 0.571. The summed E-state index contributed by atoms with van der Waals surface area (Å²) in [6.45, 7) is 1.46. The van der Waals surface area contributed by atoms with Crippen LogP contribution in [0, 0.1) is 0 Å². The van der Waals surface area contributed by atoms with Crippen LogP contribution in [0.3, 0.4) is 0 Å². The molecule has 26 heavy (non-hydrogen) atoms. The Morgan fingerprint density at radius 3 is 2.96 bits per heavy atom. The van der Waals surface area contributed by atoms with Gasteiger partial charge in [-0.15, -0.1) is 0 Å². The minimum absolute atomic E-state index is 0.0935. The Bertz CT molecular complexity index is 1100. The molecule has 1 fully saturated rings. The van der Waals surface area contributed by atoms with Crippen LogP contribution in [0.15, 0.2) is 59.4 Å². The van der Waals surface area contributed by atoms with Crippen molar-refractivity contribution in [3.8, 4) is 0 Å². The third kappa shape index (κ3) is 2.45. The van der Waals surface area contributed by atoms with Crippen LogP contribution < -0.4 is 0 Å². The second-order valence-corrected chi connectivity index (χ2v) is 6.73. The van der Waals surface area contributed by atoms with Crippen molar-refractivity contribution in [1.29, 1.82) is 0 Å². The molecular weight excluding hydrogens is 328 g/mol. The lowest BCUT2D eigenvalue weighted by atomic mass is 10.1. The molecule has 0 bridgehead atoms. The maximum atomic E-state index is 12.8. The van der Waals surface area contributed by atoms with E-state index in [1.807, 2.05) is 53.7 Å². The van der Waals surface area contributed by atoms with Crippen molar-refractivity contribution in [3.63, 3.8) is 0 Å². The number of amides is 1. The van der Waals surface area contributed by atoms with Gasteiger partial charge in [0.1, 0.15) is 5.69 Å². The van der Waals surface area contributed by atoms with Crippen LogP contribution in [0.2, 0.25) is 0 Å². The summed E-state index contributed by atoms with van der Waals surface area (Å²) in [5, 5.41) is 4.99. The first kappa shape index (κ1) is 15.1. The van der Waals surface area contributed by atoms with Gasteiger partial charge in [0.25, 0.3) is 0 Å². The molecule has 3 heterocycles. The Morgan fingerprint density at radius 2 is 2.00 bits per heavy atom. The predicted octanol–water partition coefficient (Wildman–Crippen LogP) is 3.19. The molecule has 1 aliphatic heterocycles. The second kappa shape index (κ2) is 5.98. The lowest BCUT2D eigenvalue weighted by Gasteiger charge is -2.17. The van der Waals surface area contributed by atoms with Gasteiger partial charge in [-0.3, -0.25) is 4.79 Å². The Kier molecular flexibility index (Phi) is 3.48. The van der Waals surface area contributed by atoms with Gasteiger partial charge in [0.15, 0.2) is 5.58 Å². The van der Waals surface area contributed by atoms with Crippen LogP contribution in [0.5, 0.6) is 0 Å². The number of imidazole rings is 1. The lowest BCUT2D eigenvalue weighted by molar-refractivity contribution is -0.129. The maximum Gasteiger partial charge on any atom is 0.228 e. The smallest absolute Gasteiger partial charge is 0.228 e. The van der Waals surface area contributed by atoms with Crippen LogP contribution in [0.4, 0.5) is 0 Å². The van der Waals surface area contributed by atoms with Gasteiger partial charge < -0.3 is 14.0 Å². The highest BCUT2D eigenvalue weighted by atomic mass is 16.5. The summed E-state index contributed by atoms with van der Waals surface area (Å²) in [6.07, 6.45) is 3.09. The average Bonchev–Trinajstić information content (AvgIpc) is 3.40. The number of carbonyl (C=O) groups excluding carboxylic acids is 1. The lowest BCUT2D eigenvalue weighted by Crippen LogP contribution is -2.30. The zero-order chi connectivity index (χ0) is 17.5. The molecule has 0 radical (unpaired) electrons. The number of benzene rings is 2. The topological polar surface area (TPSA) is 64.2 Å². The fourth-order valence-corrected chi connectivity index (χ4v) is 3.79. The van der Waals surface area contributed by atoms with Crippen molar-refractivity contribution < 1.29 is 9.32 Å². The van der Waals surface area contributed by atoms with Gasteiger partial charge in [-0.05, 0) is 30.7 Å². The van der Waals surface area contributed by atoms with Gasteiger partial charge in [-0.1, -0.05) is 29.4 Å². The summed E-state index contributed by atoms with van der Waals surface area (Å²) in [5.74, 6) is 0.0935. The Morgan fingerprint density at radius 1 is 1.15 bits per heavy atom. The second-order valence-electron chi connectivity index (χ2n) is 6.73. The fraction of sp³-hybridized carbons (Fsp3) is 0.250. The number of aromatic nitrogens is 3. The molecule has 1 saturated heterocycles. The number of carbonyl (C=O) groups is 1. The highest BCUT2D eigenvalue weighted by Crippen LogP contribution is 2.27. The largest absolute Gasteiger partial charge is 0.356 e. The third-order valence-electron chi connectivity index (χ3n) is 5.16. The minimum Gasteiger partial charge on any atom is -0.356 e. The van der Waals surface area contributed by atoms with Gasteiger partial charge in [0.2, 0.25) is 5.91 Å². The van der Waals surface area contributed by atoms with E-state index in [2.05, 4.69) is 20.8 Å². The van der Waals surface area contributed by atoms with Crippen LogP contribution in [0.25, 0.3) is 22.0 Å². The summed E-state index contributed by atoms with van der Waals surface area (Å²) in [4.78, 5) is 19.1. The number of para-hydroxylation sites is 3. The minimum atomic E-state index is 0.0935. The zero-order valence-electron chi connectivity index (χ0n) is 14.2. The van der Waals surface area contributed by atoms with E-state index in [-0.39, 0.29) is 18.4 Å². The van der Waals surface area contributed by atoms with Crippen LogP contribution in [0.1, 0.15) is 18.2 Å². The van der Waals surface area contributed by atoms with E-state index < -0.39 is 0 Å². The molecule has 2 aromatic carbocycles. The highest BCUT2D eigenvalue weighted by Gasteiger charge is 2.29. The summed E-state index contributed by atoms with van der Waals surface area (Å²) in [5.41, 5.74) is 3.54. The van der Waals surface area contributed by atoms with Crippen molar-refractivity contribution in [2.75, 3.05) is 13.1 Å². The molecule has 0 N–H and O–H groups in total. The van der Waals surface area contributed by atoms with E-state index in [1.165, 1.54) is 0 Å². The number of hydrogen-bond donors (Lipinski definition) is 0. The number of nitrogens with zero attached hydrogens (tertiary/aromatic N) is 4. The van der Waals surface area contributed by atoms with Gasteiger partial charge in [0.05, 0.1) is 29.8 Å². The molecule has 1 atom stereocenters. The Hall–Kier alpha value is -3.15. The summed E-state index contributed by atoms with van der Waals surface area (Å²) < 4.78 is 7.50. The molecular formula is C20H18N4O2. The SMILES string of the molecule is O=C(Cc1noc2ccccc12)N1CC[C@H](n2cnc3ccccc32)C1. The standard InChI is InChI=1S/C20H18N4O2/c25-20(11-17-15-5-1-4-8-19(15)26-22-17)23-10-9-14(12-23)24-13-21-16-6-2-3-7-18(16)24/h1-8,13-14H,9-12H2/t14-/m0/s1. The predicted molar refractivity (Wildman–Crippen MR) is 97.7 cm³/mol. The fourth-order valence-electron chi connectivity index (χ4n) is 3.79. The third-order valence-corrected chi connectivity index (χ3v) is 5.16. The van der Waals surface area contributed by atoms with Crippen molar-refractivity contribution in [2.24, 2.45) is 0 Å². The van der Waals surface area contributed by atoms with Gasteiger partial charge >= 0.3 is 0 Å². The molecule has 5 rings (SSSR count). The molecule has 4 aromatic rings. The van der Waals surface area contributed by atoms with E-state index in [1.54, 1.807) is 0 Å². The van der Waals surface area contributed by atoms with Crippen LogP contribution in [-0.4, -0.2) is 38.6 Å². The maximum absolute atomic E-state index is 12.8. The average molecular weight is 346 g/mol. The van der Waals surface area contributed by atoms with Crippen molar-refractivity contribution in [3.05, 3.63) is 60.6 Å². The number of rotatable bonds is 3. The molecule has 0 spiro atoms. The molecule has 0 aliphatic carbocycles. The first-order valence-electron chi connectivity index (χ1n) is 8.82. The first-order valence-corrected chi connectivity index (χ1v) is 8.82. The van der Waals surface area contributed by atoms with E-state index in [4.69, 9.17) is 4.52 Å². The van der Waals surface area contributed by atoms with Crippen LogP contribution >= 0.6 is 0 Å². The van der Waals surface area contributed by atoms with Gasteiger partial charge in [-0.2, -0.15) is 0 Å².